The molecule has 0 fully saturated rings. The number of halogens is 1. The maximum absolute atomic E-state index is 12.0. The Hall–Kier alpha value is -2.80. The predicted molar refractivity (Wildman–Crippen MR) is 79.6 cm³/mol. The molecule has 1 aromatic carbocycles. The molecule has 0 atom stereocenters. The number of pyridine rings is 1. The summed E-state index contributed by atoms with van der Waals surface area (Å²) in [5.74, 6) is -0.388. The molecule has 2 aromatic heterocycles. The standard InChI is InChI=1S/C14H11ClN6O/c15-11-1-3-12(4-2-11)21-19-13(18-20-21)14(22)17-9-10-5-7-16-8-6-10/h1-8H,9H2,(H,17,22). The highest BCUT2D eigenvalue weighted by Gasteiger charge is 2.13. The molecule has 1 amide bonds. The number of hydrogen-bond donors (Lipinski definition) is 1. The summed E-state index contributed by atoms with van der Waals surface area (Å²) in [5, 5.41) is 15.0. The molecular formula is C14H11ClN6O. The van der Waals surface area contributed by atoms with Crippen molar-refractivity contribution in [2.45, 2.75) is 6.54 Å². The summed E-state index contributed by atoms with van der Waals surface area (Å²) in [6.45, 7) is 0.372. The monoisotopic (exact) mass is 314 g/mol. The number of amides is 1. The van der Waals surface area contributed by atoms with Crippen LogP contribution in [0.5, 0.6) is 0 Å². The highest BCUT2D eigenvalue weighted by molar-refractivity contribution is 6.30. The van der Waals surface area contributed by atoms with Gasteiger partial charge in [0.05, 0.1) is 5.69 Å². The number of benzene rings is 1. The third kappa shape index (κ3) is 3.26. The van der Waals surface area contributed by atoms with Crippen molar-refractivity contribution in [3.63, 3.8) is 0 Å². The van der Waals surface area contributed by atoms with Gasteiger partial charge in [-0.25, -0.2) is 0 Å². The zero-order chi connectivity index (χ0) is 15.4. The van der Waals surface area contributed by atoms with Crippen molar-refractivity contribution in [3.05, 3.63) is 65.2 Å². The Morgan fingerprint density at radius 3 is 2.59 bits per heavy atom. The molecule has 3 aromatic rings. The average molecular weight is 315 g/mol. The number of carbonyl (C=O) groups is 1. The Kier molecular flexibility index (Phi) is 4.06. The van der Waals surface area contributed by atoms with E-state index in [0.29, 0.717) is 17.3 Å². The Labute approximate surface area is 130 Å². The van der Waals surface area contributed by atoms with E-state index in [1.165, 1.54) is 4.80 Å². The maximum atomic E-state index is 12.0. The normalized spacial score (nSPS) is 10.4. The second-order valence-electron chi connectivity index (χ2n) is 4.42. The van der Waals surface area contributed by atoms with E-state index >= 15 is 0 Å². The molecule has 0 saturated carbocycles. The molecule has 8 heteroatoms. The maximum Gasteiger partial charge on any atom is 0.293 e. The topological polar surface area (TPSA) is 85.6 Å². The highest BCUT2D eigenvalue weighted by Crippen LogP contribution is 2.11. The van der Waals surface area contributed by atoms with E-state index in [1.807, 2.05) is 12.1 Å². The van der Waals surface area contributed by atoms with Crippen molar-refractivity contribution < 1.29 is 4.79 Å². The molecule has 0 spiro atoms. The fourth-order valence-corrected chi connectivity index (χ4v) is 1.88. The first-order valence-corrected chi connectivity index (χ1v) is 6.83. The van der Waals surface area contributed by atoms with Gasteiger partial charge in [-0.1, -0.05) is 11.6 Å². The molecule has 22 heavy (non-hydrogen) atoms. The van der Waals surface area contributed by atoms with E-state index < -0.39 is 5.91 Å². The highest BCUT2D eigenvalue weighted by atomic mass is 35.5. The van der Waals surface area contributed by atoms with Crippen LogP contribution in [-0.4, -0.2) is 31.1 Å². The number of rotatable bonds is 4. The predicted octanol–water partition coefficient (Wildman–Crippen LogP) is 1.64. The smallest absolute Gasteiger partial charge is 0.293 e. The zero-order valence-electron chi connectivity index (χ0n) is 11.3. The second kappa shape index (κ2) is 6.31. The fourth-order valence-electron chi connectivity index (χ4n) is 1.75. The lowest BCUT2D eigenvalue weighted by molar-refractivity contribution is 0.0940. The minimum atomic E-state index is -0.392. The van der Waals surface area contributed by atoms with Crippen molar-refractivity contribution in [2.24, 2.45) is 0 Å². The Morgan fingerprint density at radius 2 is 1.86 bits per heavy atom. The van der Waals surface area contributed by atoms with Crippen molar-refractivity contribution in [1.29, 1.82) is 0 Å². The molecule has 0 aliphatic heterocycles. The molecule has 7 nitrogen and oxygen atoms in total. The number of nitrogens with zero attached hydrogens (tertiary/aromatic N) is 5. The van der Waals surface area contributed by atoms with Crippen molar-refractivity contribution >= 4 is 17.5 Å². The summed E-state index contributed by atoms with van der Waals surface area (Å²) >= 11 is 5.82. The van der Waals surface area contributed by atoms with Gasteiger partial charge >= 0.3 is 0 Å². The van der Waals surface area contributed by atoms with E-state index in [9.17, 15) is 4.79 Å². The van der Waals surface area contributed by atoms with Gasteiger partial charge in [0.2, 0.25) is 0 Å². The summed E-state index contributed by atoms with van der Waals surface area (Å²) in [5.41, 5.74) is 1.61. The van der Waals surface area contributed by atoms with E-state index in [0.717, 1.165) is 5.56 Å². The van der Waals surface area contributed by atoms with Crippen LogP contribution in [0, 0.1) is 0 Å². The number of carbonyl (C=O) groups excluding carboxylic acids is 1. The SMILES string of the molecule is O=C(NCc1ccncc1)c1nnn(-c2ccc(Cl)cc2)n1. The molecule has 0 unspecified atom stereocenters. The molecule has 1 N–H and O–H groups in total. The molecule has 0 aliphatic carbocycles. The lowest BCUT2D eigenvalue weighted by atomic mass is 10.3. The summed E-state index contributed by atoms with van der Waals surface area (Å²) in [6.07, 6.45) is 3.33. The lowest BCUT2D eigenvalue weighted by Gasteiger charge is -2.01. The first-order valence-electron chi connectivity index (χ1n) is 6.45. The van der Waals surface area contributed by atoms with Gasteiger partial charge < -0.3 is 5.32 Å². The molecule has 0 saturated heterocycles. The Balaban J connectivity index is 1.68. The van der Waals surface area contributed by atoms with Crippen LogP contribution in [-0.2, 0) is 6.54 Å². The van der Waals surface area contributed by atoms with E-state index in [4.69, 9.17) is 11.6 Å². The number of hydrogen-bond acceptors (Lipinski definition) is 5. The first kappa shape index (κ1) is 14.2. The van der Waals surface area contributed by atoms with E-state index in [1.54, 1.807) is 36.7 Å². The van der Waals surface area contributed by atoms with Crippen molar-refractivity contribution in [3.8, 4) is 5.69 Å². The fraction of sp³-hybridized carbons (Fsp3) is 0.0714. The zero-order valence-corrected chi connectivity index (χ0v) is 12.1. The van der Waals surface area contributed by atoms with E-state index in [-0.39, 0.29) is 5.82 Å². The summed E-state index contributed by atoms with van der Waals surface area (Å²) in [6, 6.07) is 10.5. The van der Waals surface area contributed by atoms with Crippen LogP contribution in [0.25, 0.3) is 5.69 Å². The molecule has 0 aliphatic rings. The van der Waals surface area contributed by atoms with Crippen LogP contribution >= 0.6 is 11.6 Å². The average Bonchev–Trinajstić information content (AvgIpc) is 3.04. The van der Waals surface area contributed by atoms with Crippen molar-refractivity contribution in [2.75, 3.05) is 0 Å². The third-order valence-electron chi connectivity index (χ3n) is 2.88. The molecular weight excluding hydrogens is 304 g/mol. The molecule has 2 heterocycles. The van der Waals surface area contributed by atoms with Crippen LogP contribution < -0.4 is 5.32 Å². The van der Waals surface area contributed by atoms with Crippen LogP contribution in [0.4, 0.5) is 0 Å². The van der Waals surface area contributed by atoms with Crippen LogP contribution in [0.3, 0.4) is 0 Å². The minimum Gasteiger partial charge on any atom is -0.345 e. The van der Waals surface area contributed by atoms with Gasteiger partial charge in [-0.15, -0.1) is 15.0 Å². The molecule has 0 radical (unpaired) electrons. The molecule has 3 rings (SSSR count). The third-order valence-corrected chi connectivity index (χ3v) is 3.13. The van der Waals surface area contributed by atoms with Gasteiger partial charge in [-0.2, -0.15) is 0 Å². The summed E-state index contributed by atoms with van der Waals surface area (Å²) < 4.78 is 0. The lowest BCUT2D eigenvalue weighted by Crippen LogP contribution is -2.24. The van der Waals surface area contributed by atoms with Crippen molar-refractivity contribution in [1.82, 2.24) is 30.5 Å². The molecule has 0 bridgehead atoms. The Bertz CT molecular complexity index is 772. The van der Waals surface area contributed by atoms with E-state index in [2.05, 4.69) is 25.7 Å². The van der Waals surface area contributed by atoms with Gasteiger partial charge in [-0.3, -0.25) is 9.78 Å². The summed E-state index contributed by atoms with van der Waals surface area (Å²) in [7, 11) is 0. The van der Waals surface area contributed by atoms with Gasteiger partial charge in [0.1, 0.15) is 0 Å². The largest absolute Gasteiger partial charge is 0.345 e. The minimum absolute atomic E-state index is 0.00371. The molecule has 110 valence electrons. The van der Waals surface area contributed by atoms with Crippen LogP contribution in [0.2, 0.25) is 5.02 Å². The second-order valence-corrected chi connectivity index (χ2v) is 4.85. The Morgan fingerprint density at radius 1 is 1.14 bits per heavy atom. The number of tetrazole rings is 1. The summed E-state index contributed by atoms with van der Waals surface area (Å²) in [4.78, 5) is 17.2. The number of aromatic nitrogens is 5. The number of nitrogens with one attached hydrogen (secondary N) is 1. The van der Waals surface area contributed by atoms with Crippen LogP contribution in [0.1, 0.15) is 16.2 Å². The van der Waals surface area contributed by atoms with Gasteiger partial charge in [0.25, 0.3) is 11.7 Å². The van der Waals surface area contributed by atoms with Crippen LogP contribution in [0.15, 0.2) is 48.8 Å². The quantitative estimate of drug-likeness (QED) is 0.791. The van der Waals surface area contributed by atoms with Gasteiger partial charge in [-0.05, 0) is 47.2 Å². The van der Waals surface area contributed by atoms with Gasteiger partial charge in [0, 0.05) is 24.0 Å². The first-order chi connectivity index (χ1) is 10.7. The van der Waals surface area contributed by atoms with Gasteiger partial charge in [0.15, 0.2) is 0 Å².